The van der Waals surface area contributed by atoms with Crippen molar-refractivity contribution in [2.24, 2.45) is 10.3 Å². The van der Waals surface area contributed by atoms with Gasteiger partial charge in [-0.05, 0) is 19.3 Å². The summed E-state index contributed by atoms with van der Waals surface area (Å²) in [5.74, 6) is 0. The van der Waals surface area contributed by atoms with Gasteiger partial charge in [0.15, 0.2) is 5.34 Å². The van der Waals surface area contributed by atoms with Crippen molar-refractivity contribution >= 4 is 6.08 Å². The Kier molecular flexibility index (Phi) is 8.79. The predicted octanol–water partition coefficient (Wildman–Crippen LogP) is 1.58. The molecule has 0 spiro atoms. The molecule has 0 aliphatic carbocycles. The van der Waals surface area contributed by atoms with Gasteiger partial charge in [-0.15, -0.1) is 4.91 Å². The third-order valence-corrected chi connectivity index (χ3v) is 1.37. The molecule has 0 radical (unpaired) electrons. The van der Waals surface area contributed by atoms with Crippen LogP contribution < -0.4 is 0 Å². The first-order valence-corrected chi connectivity index (χ1v) is 3.90. The largest absolute Gasteiger partial charge is 0.364 e. The molecular formula is C7H12N2O3. The van der Waals surface area contributed by atoms with Gasteiger partial charge in [-0.1, -0.05) is 6.42 Å². The van der Waals surface area contributed by atoms with Crippen molar-refractivity contribution in [3.8, 4) is 0 Å². The van der Waals surface area contributed by atoms with Gasteiger partial charge in [0.1, 0.15) is 6.61 Å². The van der Waals surface area contributed by atoms with E-state index in [0.717, 1.165) is 25.7 Å². The van der Waals surface area contributed by atoms with E-state index in [1.165, 1.54) is 6.08 Å². The van der Waals surface area contributed by atoms with E-state index in [9.17, 15) is 9.70 Å². The van der Waals surface area contributed by atoms with Crippen LogP contribution in [0.5, 0.6) is 0 Å². The molecule has 0 bridgehead atoms. The van der Waals surface area contributed by atoms with Gasteiger partial charge >= 0.3 is 0 Å². The summed E-state index contributed by atoms with van der Waals surface area (Å²) in [6.07, 6.45) is 5.11. The topological polar surface area (TPSA) is 68.1 Å². The Hall–Kier alpha value is -1.22. The van der Waals surface area contributed by atoms with Crippen LogP contribution in [-0.2, 0) is 9.63 Å². The maximum absolute atomic E-state index is 9.62. The minimum Gasteiger partial charge on any atom is -0.364 e. The van der Waals surface area contributed by atoms with Crippen LogP contribution in [-0.4, -0.2) is 19.2 Å². The number of carbonyl (C=O) groups excluding carboxylic acids is 1. The fourth-order valence-electron chi connectivity index (χ4n) is 0.794. The first kappa shape index (κ1) is 10.8. The lowest BCUT2D eigenvalue weighted by atomic mass is 10.2. The second-order valence-corrected chi connectivity index (χ2v) is 2.29. The number of hydrogen-bond donors (Lipinski definition) is 0. The van der Waals surface area contributed by atoms with Crippen LogP contribution in [0, 0.1) is 4.91 Å². The lowest BCUT2D eigenvalue weighted by Gasteiger charge is -1.95. The highest BCUT2D eigenvalue weighted by Crippen LogP contribution is 1.99. The zero-order chi connectivity index (χ0) is 9.07. The van der Waals surface area contributed by atoms with Gasteiger partial charge in [-0.25, -0.2) is 9.79 Å². The van der Waals surface area contributed by atoms with E-state index in [4.69, 9.17) is 0 Å². The summed E-state index contributed by atoms with van der Waals surface area (Å²) in [6, 6.07) is 0. The summed E-state index contributed by atoms with van der Waals surface area (Å²) >= 11 is 0. The highest BCUT2D eigenvalue weighted by Gasteiger charge is 1.89. The quantitative estimate of drug-likeness (QED) is 0.183. The average Bonchev–Trinajstić information content (AvgIpc) is 2.10. The SMILES string of the molecule is O=C=NCCCCCCON=O. The van der Waals surface area contributed by atoms with E-state index in [2.05, 4.69) is 15.2 Å². The molecule has 0 atom stereocenters. The zero-order valence-corrected chi connectivity index (χ0v) is 6.86. The van der Waals surface area contributed by atoms with Gasteiger partial charge < -0.3 is 4.84 Å². The Bertz CT molecular complexity index is 155. The Morgan fingerprint density at radius 2 is 1.92 bits per heavy atom. The number of hydrogen-bond acceptors (Lipinski definition) is 5. The standard InChI is InChI=1S/C7H12N2O3/c10-7-8-5-3-1-2-4-6-12-9-11/h1-6H2. The number of nitrogens with zero attached hydrogens (tertiary/aromatic N) is 2. The molecule has 0 aliphatic heterocycles. The molecular weight excluding hydrogens is 160 g/mol. The molecule has 5 heteroatoms. The Labute approximate surface area is 70.7 Å². The predicted molar refractivity (Wildman–Crippen MR) is 43.2 cm³/mol. The molecule has 0 saturated carbocycles. The molecule has 5 nitrogen and oxygen atoms in total. The zero-order valence-electron chi connectivity index (χ0n) is 6.86. The number of unbranched alkanes of at least 4 members (excludes halogenated alkanes) is 3. The first-order valence-electron chi connectivity index (χ1n) is 3.90. The normalized spacial score (nSPS) is 8.67. The van der Waals surface area contributed by atoms with Crippen LogP contribution in [0.1, 0.15) is 25.7 Å². The van der Waals surface area contributed by atoms with Crippen molar-refractivity contribution in [1.82, 2.24) is 0 Å². The summed E-state index contributed by atoms with van der Waals surface area (Å²) in [4.78, 5) is 26.7. The molecule has 0 rings (SSSR count). The lowest BCUT2D eigenvalue weighted by molar-refractivity contribution is 0.135. The van der Waals surface area contributed by atoms with Crippen LogP contribution in [0.25, 0.3) is 0 Å². The van der Waals surface area contributed by atoms with E-state index in [1.54, 1.807) is 0 Å². The summed E-state index contributed by atoms with van der Waals surface area (Å²) in [6.45, 7) is 0.913. The monoisotopic (exact) mass is 172 g/mol. The molecule has 0 heterocycles. The summed E-state index contributed by atoms with van der Waals surface area (Å²) < 4.78 is 0. The number of aliphatic imine (C=N–C) groups is 1. The Morgan fingerprint density at radius 3 is 2.58 bits per heavy atom. The number of isocyanates is 1. The number of rotatable bonds is 8. The van der Waals surface area contributed by atoms with Gasteiger partial charge in [-0.3, -0.25) is 0 Å². The molecule has 0 aliphatic rings. The van der Waals surface area contributed by atoms with Crippen molar-refractivity contribution in [1.29, 1.82) is 0 Å². The smallest absolute Gasteiger partial charge is 0.234 e. The third kappa shape index (κ3) is 8.78. The van der Waals surface area contributed by atoms with E-state index in [0.29, 0.717) is 13.2 Å². The van der Waals surface area contributed by atoms with Crippen molar-refractivity contribution in [2.45, 2.75) is 25.7 Å². The molecule has 0 saturated heterocycles. The molecule has 68 valence electrons. The van der Waals surface area contributed by atoms with Crippen molar-refractivity contribution < 1.29 is 9.63 Å². The molecule has 0 amide bonds. The summed E-state index contributed by atoms with van der Waals surface area (Å²) in [5.41, 5.74) is 0. The van der Waals surface area contributed by atoms with Crippen molar-refractivity contribution in [3.05, 3.63) is 4.91 Å². The molecule has 0 N–H and O–H groups in total. The molecule has 0 aromatic rings. The van der Waals surface area contributed by atoms with Crippen LogP contribution >= 0.6 is 0 Å². The minimum atomic E-state index is 0.375. The fourth-order valence-corrected chi connectivity index (χ4v) is 0.794. The average molecular weight is 172 g/mol. The second-order valence-electron chi connectivity index (χ2n) is 2.29. The fraction of sp³-hybridized carbons (Fsp3) is 0.857. The maximum atomic E-state index is 9.62. The van der Waals surface area contributed by atoms with Gasteiger partial charge in [0.25, 0.3) is 0 Å². The lowest BCUT2D eigenvalue weighted by Crippen LogP contribution is -1.88. The molecule has 0 aromatic carbocycles. The van der Waals surface area contributed by atoms with Gasteiger partial charge in [0.2, 0.25) is 6.08 Å². The Morgan fingerprint density at radius 1 is 1.17 bits per heavy atom. The molecule has 0 aromatic heterocycles. The van der Waals surface area contributed by atoms with E-state index >= 15 is 0 Å². The highest BCUT2D eigenvalue weighted by molar-refractivity contribution is 5.32. The van der Waals surface area contributed by atoms with Crippen LogP contribution in [0.2, 0.25) is 0 Å². The molecule has 12 heavy (non-hydrogen) atoms. The maximum Gasteiger partial charge on any atom is 0.234 e. The minimum absolute atomic E-state index is 0.375. The van der Waals surface area contributed by atoms with E-state index in [-0.39, 0.29) is 0 Å². The van der Waals surface area contributed by atoms with Crippen molar-refractivity contribution in [3.63, 3.8) is 0 Å². The van der Waals surface area contributed by atoms with Crippen molar-refractivity contribution in [2.75, 3.05) is 13.2 Å². The first-order chi connectivity index (χ1) is 5.91. The van der Waals surface area contributed by atoms with Gasteiger partial charge in [0.05, 0.1) is 6.54 Å². The van der Waals surface area contributed by atoms with Gasteiger partial charge in [0, 0.05) is 0 Å². The summed E-state index contributed by atoms with van der Waals surface area (Å²) in [5, 5.41) is 2.26. The Balaban J connectivity index is 2.90. The van der Waals surface area contributed by atoms with E-state index in [1.807, 2.05) is 0 Å². The summed E-state index contributed by atoms with van der Waals surface area (Å²) in [7, 11) is 0. The van der Waals surface area contributed by atoms with Gasteiger partial charge in [-0.2, -0.15) is 0 Å². The van der Waals surface area contributed by atoms with Crippen LogP contribution in [0.15, 0.2) is 10.3 Å². The highest BCUT2D eigenvalue weighted by atomic mass is 16.7. The second kappa shape index (κ2) is 9.78. The van der Waals surface area contributed by atoms with Crippen LogP contribution in [0.3, 0.4) is 0 Å². The van der Waals surface area contributed by atoms with E-state index < -0.39 is 0 Å². The molecule has 0 unspecified atom stereocenters. The van der Waals surface area contributed by atoms with Crippen LogP contribution in [0.4, 0.5) is 0 Å². The molecule has 0 fully saturated rings. The third-order valence-electron chi connectivity index (χ3n) is 1.37.